The summed E-state index contributed by atoms with van der Waals surface area (Å²) in [6.45, 7) is 0.685. The molecule has 0 saturated carbocycles. The van der Waals surface area contributed by atoms with Gasteiger partial charge in [-0.05, 0) is 29.3 Å². The Hall–Kier alpha value is -2.82. The number of nitrogens with two attached hydrogens (primary N) is 1. The summed E-state index contributed by atoms with van der Waals surface area (Å²) >= 11 is 0. The minimum atomic E-state index is 0.654. The summed E-state index contributed by atoms with van der Waals surface area (Å²) in [6.07, 6.45) is 3.47. The highest BCUT2D eigenvalue weighted by molar-refractivity contribution is 5.61. The van der Waals surface area contributed by atoms with Crippen LogP contribution in [0.4, 0.5) is 11.5 Å². The van der Waals surface area contributed by atoms with Crippen LogP contribution in [0, 0.1) is 0 Å². The minimum absolute atomic E-state index is 0.654. The fraction of sp³-hybridized carbons (Fsp3) is 0.0667. The Bertz CT molecular complexity index is 674. The van der Waals surface area contributed by atoms with E-state index in [1.165, 1.54) is 5.56 Å². The first-order valence-electron chi connectivity index (χ1n) is 6.36. The van der Waals surface area contributed by atoms with Crippen molar-refractivity contribution in [2.75, 3.05) is 11.1 Å². The van der Waals surface area contributed by atoms with Crippen LogP contribution in [-0.2, 0) is 6.54 Å². The van der Waals surface area contributed by atoms with Gasteiger partial charge in [-0.1, -0.05) is 24.3 Å². The molecule has 0 amide bonds. The molecule has 20 heavy (non-hydrogen) atoms. The minimum Gasteiger partial charge on any atom is -0.396 e. The van der Waals surface area contributed by atoms with Crippen LogP contribution in [0.1, 0.15) is 5.56 Å². The zero-order valence-corrected chi connectivity index (χ0v) is 10.9. The number of pyridine rings is 1. The van der Waals surface area contributed by atoms with Gasteiger partial charge in [0, 0.05) is 18.9 Å². The molecule has 2 aromatic heterocycles. The molecular weight excluding hydrogens is 250 g/mol. The van der Waals surface area contributed by atoms with Gasteiger partial charge in [-0.2, -0.15) is 5.10 Å². The molecular formula is C15H15N5. The van der Waals surface area contributed by atoms with E-state index in [2.05, 4.69) is 44.8 Å². The second-order valence-electron chi connectivity index (χ2n) is 4.46. The Morgan fingerprint density at radius 1 is 1.05 bits per heavy atom. The van der Waals surface area contributed by atoms with Gasteiger partial charge in [-0.25, -0.2) is 4.98 Å². The van der Waals surface area contributed by atoms with Crippen LogP contribution >= 0.6 is 0 Å². The number of hydrogen-bond acceptors (Lipinski definition) is 4. The van der Waals surface area contributed by atoms with Crippen molar-refractivity contribution in [1.29, 1.82) is 0 Å². The van der Waals surface area contributed by atoms with Crippen LogP contribution in [0.5, 0.6) is 0 Å². The number of benzene rings is 1. The Kier molecular flexibility index (Phi) is 3.33. The molecule has 0 fully saturated rings. The third-order valence-electron chi connectivity index (χ3n) is 3.06. The van der Waals surface area contributed by atoms with Crippen molar-refractivity contribution < 1.29 is 0 Å². The predicted octanol–water partition coefficient (Wildman–Crippen LogP) is 2.67. The average molecular weight is 265 g/mol. The van der Waals surface area contributed by atoms with Crippen LogP contribution in [-0.4, -0.2) is 15.2 Å². The number of nitrogen functional groups attached to an aromatic ring is 1. The zero-order chi connectivity index (χ0) is 13.8. The van der Waals surface area contributed by atoms with E-state index in [4.69, 9.17) is 5.73 Å². The van der Waals surface area contributed by atoms with Crippen LogP contribution in [0.3, 0.4) is 0 Å². The molecule has 0 radical (unpaired) electrons. The predicted molar refractivity (Wildman–Crippen MR) is 80.0 cm³/mol. The van der Waals surface area contributed by atoms with Crippen molar-refractivity contribution in [3.05, 3.63) is 60.4 Å². The number of aromatic amines is 1. The first kappa shape index (κ1) is 12.2. The highest BCUT2D eigenvalue weighted by atomic mass is 15.1. The Balaban J connectivity index is 1.68. The number of H-pyrrole nitrogens is 1. The molecule has 100 valence electrons. The molecule has 2 heterocycles. The quantitative estimate of drug-likeness (QED) is 0.677. The Morgan fingerprint density at radius 2 is 1.90 bits per heavy atom. The molecule has 5 nitrogen and oxygen atoms in total. The summed E-state index contributed by atoms with van der Waals surface area (Å²) in [6, 6.07) is 13.9. The van der Waals surface area contributed by atoms with Gasteiger partial charge in [0.25, 0.3) is 0 Å². The van der Waals surface area contributed by atoms with E-state index in [0.29, 0.717) is 18.1 Å². The number of rotatable bonds is 4. The molecule has 0 saturated heterocycles. The highest BCUT2D eigenvalue weighted by Crippen LogP contribution is 2.18. The van der Waals surface area contributed by atoms with Crippen LogP contribution in [0.25, 0.3) is 11.3 Å². The fourth-order valence-electron chi connectivity index (χ4n) is 1.97. The first-order chi connectivity index (χ1) is 9.83. The van der Waals surface area contributed by atoms with Crippen molar-refractivity contribution in [2.45, 2.75) is 6.54 Å². The van der Waals surface area contributed by atoms with Gasteiger partial charge in [-0.15, -0.1) is 0 Å². The number of nitrogens with one attached hydrogen (secondary N) is 2. The lowest BCUT2D eigenvalue weighted by atomic mass is 10.1. The lowest BCUT2D eigenvalue weighted by molar-refractivity contribution is 1.09. The average Bonchev–Trinajstić information content (AvgIpc) is 3.01. The third kappa shape index (κ3) is 2.61. The summed E-state index contributed by atoms with van der Waals surface area (Å²) in [4.78, 5) is 4.20. The number of hydrogen-bond donors (Lipinski definition) is 3. The monoisotopic (exact) mass is 265 g/mol. The molecule has 3 aromatic rings. The summed E-state index contributed by atoms with van der Waals surface area (Å²) < 4.78 is 0. The van der Waals surface area contributed by atoms with Gasteiger partial charge in [-0.3, -0.25) is 5.10 Å². The van der Waals surface area contributed by atoms with Crippen LogP contribution in [0.15, 0.2) is 54.9 Å². The summed E-state index contributed by atoms with van der Waals surface area (Å²) in [5, 5.41) is 10.1. The number of aromatic nitrogens is 3. The van der Waals surface area contributed by atoms with Crippen LogP contribution < -0.4 is 11.1 Å². The second-order valence-corrected chi connectivity index (χ2v) is 4.46. The molecule has 5 heteroatoms. The van der Waals surface area contributed by atoms with Gasteiger partial charge in [0.15, 0.2) is 0 Å². The SMILES string of the molecule is Nc1cccnc1NCc1ccc(-c2ccn[nH]2)cc1. The molecule has 0 unspecified atom stereocenters. The summed E-state index contributed by atoms with van der Waals surface area (Å²) in [5.74, 6) is 0.713. The molecule has 3 rings (SSSR count). The van der Waals surface area contributed by atoms with E-state index in [1.54, 1.807) is 12.4 Å². The standard InChI is InChI=1S/C15H15N5/c16-13-2-1-8-17-15(13)18-10-11-3-5-12(6-4-11)14-7-9-19-20-14/h1-9H,10,16H2,(H,17,18)(H,19,20). The van der Waals surface area contributed by atoms with E-state index >= 15 is 0 Å². The van der Waals surface area contributed by atoms with Gasteiger partial charge < -0.3 is 11.1 Å². The van der Waals surface area contributed by atoms with Crippen molar-refractivity contribution in [3.8, 4) is 11.3 Å². The molecule has 0 atom stereocenters. The van der Waals surface area contributed by atoms with E-state index in [-0.39, 0.29) is 0 Å². The number of nitrogens with zero attached hydrogens (tertiary/aromatic N) is 2. The Labute approximate surface area is 116 Å². The lowest BCUT2D eigenvalue weighted by Crippen LogP contribution is -2.04. The van der Waals surface area contributed by atoms with Crippen molar-refractivity contribution in [3.63, 3.8) is 0 Å². The lowest BCUT2D eigenvalue weighted by Gasteiger charge is -2.08. The molecule has 0 aliphatic carbocycles. The maximum absolute atomic E-state index is 5.84. The Morgan fingerprint density at radius 3 is 2.60 bits per heavy atom. The van der Waals surface area contributed by atoms with Gasteiger partial charge in [0.1, 0.15) is 5.82 Å². The third-order valence-corrected chi connectivity index (χ3v) is 3.06. The normalized spacial score (nSPS) is 10.4. The molecule has 0 aliphatic rings. The highest BCUT2D eigenvalue weighted by Gasteiger charge is 2.01. The van der Waals surface area contributed by atoms with Crippen molar-refractivity contribution in [2.24, 2.45) is 0 Å². The molecule has 0 spiro atoms. The van der Waals surface area contributed by atoms with Crippen molar-refractivity contribution >= 4 is 11.5 Å². The molecule has 0 aliphatic heterocycles. The first-order valence-corrected chi connectivity index (χ1v) is 6.36. The van der Waals surface area contributed by atoms with E-state index < -0.39 is 0 Å². The van der Waals surface area contributed by atoms with Gasteiger partial charge in [0.05, 0.1) is 11.4 Å². The molecule has 0 bridgehead atoms. The van der Waals surface area contributed by atoms with Gasteiger partial charge in [0.2, 0.25) is 0 Å². The number of anilines is 2. The maximum Gasteiger partial charge on any atom is 0.149 e. The van der Waals surface area contributed by atoms with Crippen molar-refractivity contribution in [1.82, 2.24) is 15.2 Å². The largest absolute Gasteiger partial charge is 0.396 e. The zero-order valence-electron chi connectivity index (χ0n) is 10.9. The molecule has 1 aromatic carbocycles. The van der Waals surface area contributed by atoms with E-state index in [0.717, 1.165) is 11.3 Å². The smallest absolute Gasteiger partial charge is 0.149 e. The maximum atomic E-state index is 5.84. The van der Waals surface area contributed by atoms with Crippen LogP contribution in [0.2, 0.25) is 0 Å². The topological polar surface area (TPSA) is 79.6 Å². The summed E-state index contributed by atoms with van der Waals surface area (Å²) in [7, 11) is 0. The van der Waals surface area contributed by atoms with E-state index in [9.17, 15) is 0 Å². The summed E-state index contributed by atoms with van der Waals surface area (Å²) in [5.41, 5.74) is 9.78. The fourth-order valence-corrected chi connectivity index (χ4v) is 1.97. The second kappa shape index (κ2) is 5.44. The molecule has 4 N–H and O–H groups in total. The van der Waals surface area contributed by atoms with Gasteiger partial charge >= 0.3 is 0 Å². The van der Waals surface area contributed by atoms with E-state index in [1.807, 2.05) is 18.2 Å².